The second-order valence-corrected chi connectivity index (χ2v) is 6.27. The van der Waals surface area contributed by atoms with E-state index < -0.39 is 0 Å². The van der Waals surface area contributed by atoms with Crippen LogP contribution in [-0.4, -0.2) is 47.2 Å². The lowest BCUT2D eigenvalue weighted by Crippen LogP contribution is -2.45. The highest BCUT2D eigenvalue weighted by atomic mass is 16.5. The molecule has 4 aliphatic heterocycles. The maximum atomic E-state index is 12.6. The lowest BCUT2D eigenvalue weighted by molar-refractivity contribution is 0.0237. The van der Waals surface area contributed by atoms with Crippen LogP contribution in [-0.2, 0) is 0 Å². The van der Waals surface area contributed by atoms with E-state index in [2.05, 4.69) is 0 Å². The van der Waals surface area contributed by atoms with Crippen LogP contribution in [0.15, 0.2) is 12.1 Å². The van der Waals surface area contributed by atoms with Gasteiger partial charge in [-0.25, -0.2) is 0 Å². The molecule has 0 N–H and O–H groups in total. The van der Waals surface area contributed by atoms with E-state index in [1.54, 1.807) is 21.9 Å². The summed E-state index contributed by atoms with van der Waals surface area (Å²) < 4.78 is 11.9. The maximum Gasteiger partial charge on any atom is 0.260 e. The van der Waals surface area contributed by atoms with Gasteiger partial charge in [-0.1, -0.05) is 0 Å². The smallest absolute Gasteiger partial charge is 0.260 e. The van der Waals surface area contributed by atoms with Crippen molar-refractivity contribution in [2.24, 2.45) is 0 Å². The first-order chi connectivity index (χ1) is 10.7. The van der Waals surface area contributed by atoms with Crippen LogP contribution < -0.4 is 9.47 Å². The van der Waals surface area contributed by atoms with Crippen LogP contribution >= 0.6 is 0 Å². The third-order valence-corrected chi connectivity index (χ3v) is 4.99. The Balaban J connectivity index is 1.61. The summed E-state index contributed by atoms with van der Waals surface area (Å²) in [5.41, 5.74) is 1.02. The summed E-state index contributed by atoms with van der Waals surface area (Å²) in [6, 6.07) is 3.38. The lowest BCUT2D eigenvalue weighted by Gasteiger charge is -2.35. The van der Waals surface area contributed by atoms with Crippen LogP contribution in [0.4, 0.5) is 0 Å². The molecule has 1 aromatic carbocycles. The summed E-state index contributed by atoms with van der Waals surface area (Å²) in [4.78, 5) is 28.7. The Kier molecular flexibility index (Phi) is 2.32. The van der Waals surface area contributed by atoms with Gasteiger partial charge in [-0.3, -0.25) is 9.59 Å². The van der Waals surface area contributed by atoms with Crippen molar-refractivity contribution >= 4 is 11.8 Å². The van der Waals surface area contributed by atoms with Crippen molar-refractivity contribution < 1.29 is 19.1 Å². The number of rotatable bonds is 0. The molecular weight excluding hydrogens is 284 g/mol. The Hall–Kier alpha value is -2.24. The predicted molar refractivity (Wildman–Crippen MR) is 75.8 cm³/mol. The molecule has 0 radical (unpaired) electrons. The summed E-state index contributed by atoms with van der Waals surface area (Å²) in [5.74, 6) is 0.996. The molecule has 2 fully saturated rings. The van der Waals surface area contributed by atoms with E-state index in [9.17, 15) is 9.59 Å². The lowest BCUT2D eigenvalue weighted by atomic mass is 10.0. The van der Waals surface area contributed by atoms with Crippen molar-refractivity contribution in [2.75, 3.05) is 13.1 Å². The number of amides is 2. The molecule has 0 spiro atoms. The molecule has 2 atom stereocenters. The number of benzene rings is 1. The highest BCUT2D eigenvalue weighted by Crippen LogP contribution is 2.40. The minimum Gasteiger partial charge on any atom is -0.470 e. The molecule has 0 saturated carbocycles. The fourth-order valence-corrected chi connectivity index (χ4v) is 3.87. The van der Waals surface area contributed by atoms with E-state index in [1.807, 2.05) is 0 Å². The summed E-state index contributed by atoms with van der Waals surface area (Å²) >= 11 is 0. The molecule has 0 aromatic heterocycles. The monoisotopic (exact) mass is 300 g/mol. The number of hydrogen-bond acceptors (Lipinski definition) is 4. The predicted octanol–water partition coefficient (Wildman–Crippen LogP) is 1.60. The zero-order chi connectivity index (χ0) is 14.8. The summed E-state index contributed by atoms with van der Waals surface area (Å²) in [5, 5.41) is 0. The highest BCUT2D eigenvalue weighted by Gasteiger charge is 2.41. The molecule has 0 bridgehead atoms. The SMILES string of the molecule is O=C1c2cc3c(cc2OC2CCCN12)C(=O)N1CCCC1O3. The molecule has 22 heavy (non-hydrogen) atoms. The van der Waals surface area contributed by atoms with Gasteiger partial charge in [0.2, 0.25) is 0 Å². The van der Waals surface area contributed by atoms with Crippen LogP contribution in [0.2, 0.25) is 0 Å². The van der Waals surface area contributed by atoms with Crippen molar-refractivity contribution in [3.05, 3.63) is 23.3 Å². The van der Waals surface area contributed by atoms with Crippen LogP contribution in [0.3, 0.4) is 0 Å². The summed E-state index contributed by atoms with van der Waals surface area (Å²) in [7, 11) is 0. The number of nitrogens with zero attached hydrogens (tertiary/aromatic N) is 2. The minimum atomic E-state index is -0.183. The normalized spacial score (nSPS) is 28.5. The van der Waals surface area contributed by atoms with Gasteiger partial charge in [0, 0.05) is 25.9 Å². The first kappa shape index (κ1) is 12.3. The van der Waals surface area contributed by atoms with Gasteiger partial charge in [0.1, 0.15) is 11.5 Å². The molecular formula is C16H16N2O4. The largest absolute Gasteiger partial charge is 0.470 e. The Bertz CT molecular complexity index is 642. The molecule has 5 rings (SSSR count). The zero-order valence-corrected chi connectivity index (χ0v) is 12.1. The van der Waals surface area contributed by atoms with Gasteiger partial charge in [-0.15, -0.1) is 0 Å². The van der Waals surface area contributed by atoms with E-state index >= 15 is 0 Å². The fourth-order valence-electron chi connectivity index (χ4n) is 3.87. The second kappa shape index (κ2) is 4.15. The molecule has 6 nitrogen and oxygen atoms in total. The van der Waals surface area contributed by atoms with E-state index in [-0.39, 0.29) is 24.3 Å². The fraction of sp³-hybridized carbons (Fsp3) is 0.500. The first-order valence-corrected chi connectivity index (χ1v) is 7.86. The third kappa shape index (κ3) is 1.50. The van der Waals surface area contributed by atoms with Crippen LogP contribution in [0.25, 0.3) is 0 Å². The van der Waals surface area contributed by atoms with Gasteiger partial charge >= 0.3 is 0 Å². The van der Waals surface area contributed by atoms with Crippen LogP contribution in [0.5, 0.6) is 11.5 Å². The van der Waals surface area contributed by atoms with E-state index in [0.29, 0.717) is 22.6 Å². The molecule has 4 aliphatic rings. The van der Waals surface area contributed by atoms with E-state index in [4.69, 9.17) is 9.47 Å². The quantitative estimate of drug-likeness (QED) is 0.730. The molecule has 0 aliphatic carbocycles. The number of carbonyl (C=O) groups excluding carboxylic acids is 2. The van der Waals surface area contributed by atoms with E-state index in [1.165, 1.54) is 0 Å². The number of ether oxygens (including phenoxy) is 2. The Morgan fingerprint density at radius 1 is 0.818 bits per heavy atom. The number of fused-ring (bicyclic) bond motifs is 4. The maximum absolute atomic E-state index is 12.6. The molecule has 2 saturated heterocycles. The molecule has 4 heterocycles. The average molecular weight is 300 g/mol. The Morgan fingerprint density at radius 3 is 1.73 bits per heavy atom. The van der Waals surface area contributed by atoms with Crippen molar-refractivity contribution in [3.63, 3.8) is 0 Å². The number of hydrogen-bond donors (Lipinski definition) is 0. The minimum absolute atomic E-state index is 0.0172. The first-order valence-electron chi connectivity index (χ1n) is 7.86. The van der Waals surface area contributed by atoms with Gasteiger partial charge in [-0.05, 0) is 25.0 Å². The van der Waals surface area contributed by atoms with Crippen molar-refractivity contribution in [1.29, 1.82) is 0 Å². The van der Waals surface area contributed by atoms with E-state index in [0.717, 1.165) is 38.8 Å². The molecule has 6 heteroatoms. The van der Waals surface area contributed by atoms with Crippen molar-refractivity contribution in [2.45, 2.75) is 38.1 Å². The standard InChI is InChI=1S/C16H16N2O4/c19-15-9-7-12-10(16(20)18-6-2-4-14(18)22-12)8-11(9)21-13-3-1-5-17(13)15/h7-8,13-14H,1-6H2. The molecule has 2 unspecified atom stereocenters. The number of carbonyl (C=O) groups is 2. The molecule has 2 amide bonds. The Morgan fingerprint density at radius 2 is 1.27 bits per heavy atom. The third-order valence-electron chi connectivity index (χ3n) is 4.99. The summed E-state index contributed by atoms with van der Waals surface area (Å²) in [6.07, 6.45) is 3.24. The molecule has 1 aromatic rings. The van der Waals surface area contributed by atoms with Gasteiger partial charge in [-0.2, -0.15) is 0 Å². The van der Waals surface area contributed by atoms with Gasteiger partial charge in [0.05, 0.1) is 11.1 Å². The van der Waals surface area contributed by atoms with Crippen molar-refractivity contribution in [3.8, 4) is 11.5 Å². The second-order valence-electron chi connectivity index (χ2n) is 6.27. The highest BCUT2D eigenvalue weighted by molar-refractivity contribution is 6.03. The van der Waals surface area contributed by atoms with Crippen molar-refractivity contribution in [1.82, 2.24) is 9.80 Å². The Labute approximate surface area is 127 Å². The van der Waals surface area contributed by atoms with Gasteiger partial charge in [0.15, 0.2) is 12.5 Å². The van der Waals surface area contributed by atoms with Crippen LogP contribution in [0.1, 0.15) is 46.4 Å². The van der Waals surface area contributed by atoms with Crippen LogP contribution in [0, 0.1) is 0 Å². The topological polar surface area (TPSA) is 59.1 Å². The van der Waals surface area contributed by atoms with Gasteiger partial charge in [0.25, 0.3) is 11.8 Å². The summed E-state index contributed by atoms with van der Waals surface area (Å²) in [6.45, 7) is 1.46. The zero-order valence-electron chi connectivity index (χ0n) is 12.1. The molecule has 114 valence electrons. The average Bonchev–Trinajstić information content (AvgIpc) is 3.15. The van der Waals surface area contributed by atoms with Gasteiger partial charge < -0.3 is 19.3 Å².